The van der Waals surface area contributed by atoms with Crippen LogP contribution in [0.2, 0.25) is 0 Å². The zero-order chi connectivity index (χ0) is 24.8. The molecule has 0 unspecified atom stereocenters. The Bertz CT molecular complexity index is 1340. The van der Waals surface area contributed by atoms with Gasteiger partial charge in [0.25, 0.3) is 17.5 Å². The number of rotatable bonds is 7. The lowest BCUT2D eigenvalue weighted by Gasteiger charge is -2.09. The van der Waals surface area contributed by atoms with E-state index in [0.29, 0.717) is 32.7 Å². The fourth-order valence-corrected chi connectivity index (χ4v) is 3.48. The lowest BCUT2D eigenvalue weighted by Crippen LogP contribution is -2.32. The summed E-state index contributed by atoms with van der Waals surface area (Å²) in [6.07, 6.45) is 2.80. The molecular weight excluding hydrogens is 520 g/mol. The molecule has 1 heterocycles. The minimum Gasteiger partial charge on any atom is -0.454 e. The molecule has 0 saturated heterocycles. The van der Waals surface area contributed by atoms with Crippen LogP contribution in [0.5, 0.6) is 11.5 Å². The summed E-state index contributed by atoms with van der Waals surface area (Å²) in [6.45, 7) is 0.122. The fraction of sp³-hybridized carbons (Fsp3) is 0.0417. The van der Waals surface area contributed by atoms with E-state index in [4.69, 9.17) is 9.47 Å². The van der Waals surface area contributed by atoms with Gasteiger partial charge in [0.1, 0.15) is 5.70 Å². The molecule has 0 spiro atoms. The number of non-ortho nitro benzene ring substituents is 1. The standard InChI is InChI=1S/C24H17BrN4O6/c25-19-12-22-21(34-14-35-22)11-17(19)13-26-28-24(31)20(27-23(30)16-4-2-1-3-5-16)10-15-6-8-18(9-7-15)29(32)33/h1-13H,14H2,(H,27,30)(H,28,31). The largest absolute Gasteiger partial charge is 0.454 e. The summed E-state index contributed by atoms with van der Waals surface area (Å²) in [5, 5.41) is 17.4. The van der Waals surface area contributed by atoms with Crippen molar-refractivity contribution in [1.29, 1.82) is 0 Å². The number of carbonyl (C=O) groups is 2. The van der Waals surface area contributed by atoms with Crippen molar-refractivity contribution in [3.63, 3.8) is 0 Å². The summed E-state index contributed by atoms with van der Waals surface area (Å²) in [4.78, 5) is 35.9. The van der Waals surface area contributed by atoms with Gasteiger partial charge in [-0.25, -0.2) is 5.43 Å². The molecule has 3 aromatic carbocycles. The highest BCUT2D eigenvalue weighted by atomic mass is 79.9. The van der Waals surface area contributed by atoms with E-state index in [1.165, 1.54) is 36.6 Å². The van der Waals surface area contributed by atoms with Gasteiger partial charge >= 0.3 is 0 Å². The Kier molecular flexibility index (Phi) is 7.17. The summed E-state index contributed by atoms with van der Waals surface area (Å²) in [5.74, 6) is -0.0537. The number of benzene rings is 3. The number of nitro groups is 1. The molecule has 11 heteroatoms. The summed E-state index contributed by atoms with van der Waals surface area (Å²) in [5.41, 5.74) is 3.63. The van der Waals surface area contributed by atoms with Gasteiger partial charge < -0.3 is 14.8 Å². The van der Waals surface area contributed by atoms with Gasteiger partial charge in [-0.3, -0.25) is 19.7 Å². The number of halogens is 1. The Balaban J connectivity index is 1.55. The average molecular weight is 537 g/mol. The van der Waals surface area contributed by atoms with Crippen LogP contribution in [-0.2, 0) is 4.79 Å². The predicted molar refractivity (Wildman–Crippen MR) is 131 cm³/mol. The van der Waals surface area contributed by atoms with Crippen LogP contribution in [0.3, 0.4) is 0 Å². The molecular formula is C24H17BrN4O6. The van der Waals surface area contributed by atoms with Gasteiger partial charge in [0.05, 0.1) is 11.1 Å². The van der Waals surface area contributed by atoms with Gasteiger partial charge in [0.15, 0.2) is 11.5 Å². The first kappa shape index (κ1) is 23.6. The summed E-state index contributed by atoms with van der Waals surface area (Å²) >= 11 is 3.41. The van der Waals surface area contributed by atoms with Crippen LogP contribution in [0.25, 0.3) is 6.08 Å². The number of nitro benzene ring substituents is 1. The molecule has 0 fully saturated rings. The molecule has 0 radical (unpaired) electrons. The third kappa shape index (κ3) is 5.89. The van der Waals surface area contributed by atoms with Crippen molar-refractivity contribution in [2.45, 2.75) is 0 Å². The Morgan fingerprint density at radius 2 is 1.71 bits per heavy atom. The molecule has 1 aliphatic rings. The molecule has 3 aromatic rings. The Morgan fingerprint density at radius 3 is 2.40 bits per heavy atom. The minimum absolute atomic E-state index is 0.0969. The monoisotopic (exact) mass is 536 g/mol. The average Bonchev–Trinajstić information content (AvgIpc) is 3.31. The number of nitrogens with zero attached hydrogens (tertiary/aromatic N) is 2. The molecule has 10 nitrogen and oxygen atoms in total. The minimum atomic E-state index is -0.694. The van der Waals surface area contributed by atoms with E-state index in [9.17, 15) is 19.7 Å². The molecule has 0 atom stereocenters. The van der Waals surface area contributed by atoms with E-state index in [-0.39, 0.29) is 18.2 Å². The first-order valence-electron chi connectivity index (χ1n) is 10.2. The van der Waals surface area contributed by atoms with E-state index < -0.39 is 16.7 Å². The van der Waals surface area contributed by atoms with Crippen molar-refractivity contribution >= 4 is 45.7 Å². The van der Waals surface area contributed by atoms with E-state index in [1.54, 1.807) is 42.5 Å². The maximum absolute atomic E-state index is 12.9. The van der Waals surface area contributed by atoms with Gasteiger partial charge in [-0.15, -0.1) is 0 Å². The molecule has 176 valence electrons. The third-order valence-corrected chi connectivity index (χ3v) is 5.49. The Hall–Kier alpha value is -4.51. The molecule has 2 N–H and O–H groups in total. The van der Waals surface area contributed by atoms with Crippen molar-refractivity contribution in [3.05, 3.63) is 104 Å². The highest BCUT2D eigenvalue weighted by molar-refractivity contribution is 9.10. The second kappa shape index (κ2) is 10.6. The number of carbonyl (C=O) groups excluding carboxylic acids is 2. The highest BCUT2D eigenvalue weighted by Crippen LogP contribution is 2.36. The molecule has 0 saturated carbocycles. The number of ether oxygens (including phenoxy) is 2. The van der Waals surface area contributed by atoms with Gasteiger partial charge in [-0.05, 0) is 64.0 Å². The lowest BCUT2D eigenvalue weighted by molar-refractivity contribution is -0.384. The molecule has 0 aliphatic carbocycles. The van der Waals surface area contributed by atoms with Crippen LogP contribution in [0.15, 0.2) is 82.0 Å². The number of hydrogen-bond acceptors (Lipinski definition) is 7. The normalized spacial score (nSPS) is 12.4. The number of fused-ring (bicyclic) bond motifs is 1. The van der Waals surface area contributed by atoms with E-state index in [2.05, 4.69) is 31.8 Å². The van der Waals surface area contributed by atoms with Gasteiger partial charge in [0.2, 0.25) is 6.79 Å². The van der Waals surface area contributed by atoms with Gasteiger partial charge in [0, 0.05) is 27.7 Å². The van der Waals surface area contributed by atoms with E-state index >= 15 is 0 Å². The number of hydrazone groups is 1. The van der Waals surface area contributed by atoms with Crippen molar-refractivity contribution in [3.8, 4) is 11.5 Å². The second-order valence-electron chi connectivity index (χ2n) is 7.15. The first-order chi connectivity index (χ1) is 16.9. The van der Waals surface area contributed by atoms with Crippen LogP contribution in [0.1, 0.15) is 21.5 Å². The molecule has 0 aromatic heterocycles. The highest BCUT2D eigenvalue weighted by Gasteiger charge is 2.17. The topological polar surface area (TPSA) is 132 Å². The van der Waals surface area contributed by atoms with Crippen molar-refractivity contribution in [2.75, 3.05) is 6.79 Å². The number of hydrogen-bond donors (Lipinski definition) is 2. The van der Waals surface area contributed by atoms with Crippen molar-refractivity contribution in [1.82, 2.24) is 10.7 Å². The van der Waals surface area contributed by atoms with Crippen LogP contribution < -0.4 is 20.2 Å². The van der Waals surface area contributed by atoms with Crippen LogP contribution in [0, 0.1) is 10.1 Å². The second-order valence-corrected chi connectivity index (χ2v) is 8.01. The Morgan fingerprint density at radius 1 is 1.03 bits per heavy atom. The molecule has 1 aliphatic heterocycles. The maximum atomic E-state index is 12.9. The van der Waals surface area contributed by atoms with Crippen LogP contribution in [-0.4, -0.2) is 29.7 Å². The van der Waals surface area contributed by atoms with Gasteiger partial charge in [-0.1, -0.05) is 18.2 Å². The molecule has 0 bridgehead atoms. The number of nitrogens with one attached hydrogen (secondary N) is 2. The molecule has 4 rings (SSSR count). The summed E-state index contributed by atoms with van der Waals surface area (Å²) in [7, 11) is 0. The molecule has 2 amide bonds. The van der Waals surface area contributed by atoms with Gasteiger partial charge in [-0.2, -0.15) is 5.10 Å². The smallest absolute Gasteiger partial charge is 0.287 e. The fourth-order valence-electron chi connectivity index (χ4n) is 3.05. The summed E-state index contributed by atoms with van der Waals surface area (Å²) < 4.78 is 11.3. The van der Waals surface area contributed by atoms with E-state index in [0.717, 1.165) is 0 Å². The first-order valence-corrected chi connectivity index (χ1v) is 10.9. The summed E-state index contributed by atoms with van der Waals surface area (Å²) in [6, 6.07) is 17.3. The Labute approximate surface area is 207 Å². The lowest BCUT2D eigenvalue weighted by atomic mass is 10.1. The molecule has 35 heavy (non-hydrogen) atoms. The zero-order valence-electron chi connectivity index (χ0n) is 17.9. The van der Waals surface area contributed by atoms with E-state index in [1.807, 2.05) is 0 Å². The van der Waals surface area contributed by atoms with Crippen LogP contribution in [0.4, 0.5) is 5.69 Å². The number of amides is 2. The SMILES string of the molecule is O=C(NN=Cc1cc2c(cc1Br)OCO2)C(=Cc1ccc([N+](=O)[O-])cc1)NC(=O)c1ccccc1. The van der Waals surface area contributed by atoms with Crippen molar-refractivity contribution < 1.29 is 24.0 Å². The quantitative estimate of drug-likeness (QED) is 0.203. The zero-order valence-corrected chi connectivity index (χ0v) is 19.5. The predicted octanol–water partition coefficient (Wildman–Crippen LogP) is 4.01. The maximum Gasteiger partial charge on any atom is 0.287 e. The van der Waals surface area contributed by atoms with Crippen LogP contribution >= 0.6 is 15.9 Å². The third-order valence-electron chi connectivity index (χ3n) is 4.81. The van der Waals surface area contributed by atoms with Crippen molar-refractivity contribution in [2.24, 2.45) is 5.10 Å².